The fourth-order valence-corrected chi connectivity index (χ4v) is 2.18. The highest BCUT2D eigenvalue weighted by molar-refractivity contribution is 9.10. The Labute approximate surface area is 128 Å². The zero-order valence-corrected chi connectivity index (χ0v) is 12.5. The van der Waals surface area contributed by atoms with E-state index in [2.05, 4.69) is 15.9 Å². The first-order valence-electron chi connectivity index (χ1n) is 5.97. The third kappa shape index (κ3) is 3.77. The summed E-state index contributed by atoms with van der Waals surface area (Å²) in [5.74, 6) is -0.417. The zero-order valence-electron chi connectivity index (χ0n) is 10.9. The molecule has 1 atom stereocenters. The van der Waals surface area contributed by atoms with E-state index in [9.17, 15) is 19.6 Å². The van der Waals surface area contributed by atoms with Crippen molar-refractivity contribution in [1.82, 2.24) is 0 Å². The third-order valence-corrected chi connectivity index (χ3v) is 3.18. The van der Waals surface area contributed by atoms with E-state index in [1.165, 1.54) is 37.3 Å². The maximum absolute atomic E-state index is 13.3. The molecule has 0 aliphatic rings. The largest absolute Gasteiger partial charge is 0.450 e. The van der Waals surface area contributed by atoms with Gasteiger partial charge in [-0.3, -0.25) is 10.1 Å². The first-order valence-corrected chi connectivity index (χ1v) is 6.76. The molecule has 0 bridgehead atoms. The highest BCUT2D eigenvalue weighted by atomic mass is 79.9. The Morgan fingerprint density at radius 1 is 1.33 bits per heavy atom. The van der Waals surface area contributed by atoms with Gasteiger partial charge in [-0.05, 0) is 30.7 Å². The van der Waals surface area contributed by atoms with Crippen LogP contribution in [0.15, 0.2) is 40.9 Å². The molecule has 7 heteroatoms. The van der Waals surface area contributed by atoms with E-state index in [-0.39, 0.29) is 17.2 Å². The van der Waals surface area contributed by atoms with Gasteiger partial charge in [-0.15, -0.1) is 0 Å². The van der Waals surface area contributed by atoms with Gasteiger partial charge in [0.1, 0.15) is 11.6 Å². The molecule has 0 heterocycles. The summed E-state index contributed by atoms with van der Waals surface area (Å²) in [6, 6.07) is 7.99. The van der Waals surface area contributed by atoms with Crippen molar-refractivity contribution in [3.63, 3.8) is 0 Å². The van der Waals surface area contributed by atoms with E-state index >= 15 is 0 Å². The molecule has 0 aromatic heterocycles. The maximum atomic E-state index is 13.3. The lowest BCUT2D eigenvalue weighted by Gasteiger charge is -2.09. The molecule has 0 amide bonds. The van der Waals surface area contributed by atoms with Gasteiger partial charge >= 0.3 is 5.69 Å². The minimum absolute atomic E-state index is 0.0260. The summed E-state index contributed by atoms with van der Waals surface area (Å²) in [5, 5.41) is 20.5. The second-order valence-corrected chi connectivity index (χ2v) is 5.28. The Bertz CT molecular complexity index is 670. The van der Waals surface area contributed by atoms with Gasteiger partial charge in [-0.2, -0.15) is 0 Å². The second kappa shape index (κ2) is 6.19. The predicted octanol–water partition coefficient (Wildman–Crippen LogP) is 4.34. The number of aliphatic hydroxyl groups excluding tert-OH is 1. The summed E-state index contributed by atoms with van der Waals surface area (Å²) in [5.41, 5.74) is 0.100. The zero-order chi connectivity index (χ0) is 15.6. The quantitative estimate of drug-likeness (QED) is 0.653. The summed E-state index contributed by atoms with van der Waals surface area (Å²) in [4.78, 5) is 10.5. The van der Waals surface area contributed by atoms with Gasteiger partial charge < -0.3 is 9.84 Å². The van der Waals surface area contributed by atoms with Gasteiger partial charge in [-0.1, -0.05) is 22.0 Å². The third-order valence-electron chi connectivity index (χ3n) is 2.73. The number of halogens is 2. The Kier molecular flexibility index (Phi) is 4.54. The SMILES string of the molecule is C[C@@H](O)c1ccc(Oc2cc(F)cc(Br)c2)c([N+](=O)[O-])c1. The van der Waals surface area contributed by atoms with Gasteiger partial charge in [0.15, 0.2) is 0 Å². The predicted molar refractivity (Wildman–Crippen MR) is 77.9 cm³/mol. The fraction of sp³-hybridized carbons (Fsp3) is 0.143. The van der Waals surface area contributed by atoms with Crippen molar-refractivity contribution >= 4 is 21.6 Å². The minimum atomic E-state index is -0.832. The number of hydrogen-bond donors (Lipinski definition) is 1. The van der Waals surface area contributed by atoms with Crippen molar-refractivity contribution < 1.29 is 19.2 Å². The Balaban J connectivity index is 2.41. The van der Waals surface area contributed by atoms with Gasteiger partial charge in [0.2, 0.25) is 5.75 Å². The first-order chi connectivity index (χ1) is 9.86. The molecule has 110 valence electrons. The highest BCUT2D eigenvalue weighted by Crippen LogP contribution is 2.34. The first kappa shape index (κ1) is 15.4. The number of nitro benzene ring substituents is 1. The van der Waals surface area contributed by atoms with Crippen molar-refractivity contribution in [3.8, 4) is 11.5 Å². The van der Waals surface area contributed by atoms with Crippen LogP contribution in [0.25, 0.3) is 0 Å². The monoisotopic (exact) mass is 355 g/mol. The number of nitrogens with zero attached hydrogens (tertiary/aromatic N) is 1. The Hall–Kier alpha value is -1.99. The number of nitro groups is 1. The molecule has 0 aliphatic carbocycles. The summed E-state index contributed by atoms with van der Waals surface area (Å²) in [7, 11) is 0. The number of aliphatic hydroxyl groups is 1. The molecule has 0 unspecified atom stereocenters. The van der Waals surface area contributed by atoms with Crippen LogP contribution in [0, 0.1) is 15.9 Å². The molecule has 1 N–H and O–H groups in total. The van der Waals surface area contributed by atoms with Gasteiger partial charge in [0.25, 0.3) is 0 Å². The number of ether oxygens (including phenoxy) is 1. The standard InChI is InChI=1S/C14H11BrFNO4/c1-8(18)9-2-3-14(13(4-9)17(19)20)21-12-6-10(15)5-11(16)7-12/h2-8,18H,1H3/t8-/m1/s1. The summed E-state index contributed by atoms with van der Waals surface area (Å²) >= 11 is 3.12. The summed E-state index contributed by atoms with van der Waals surface area (Å²) in [6.07, 6.45) is -0.832. The van der Waals surface area contributed by atoms with Crippen molar-refractivity contribution in [3.05, 3.63) is 62.4 Å². The molecule has 2 rings (SSSR count). The van der Waals surface area contributed by atoms with Crippen LogP contribution in [0.4, 0.5) is 10.1 Å². The highest BCUT2D eigenvalue weighted by Gasteiger charge is 2.18. The van der Waals surface area contributed by atoms with Crippen LogP contribution in [0.5, 0.6) is 11.5 Å². The average molecular weight is 356 g/mol. The number of hydrogen-bond acceptors (Lipinski definition) is 4. The molecular formula is C14H11BrFNO4. The fourth-order valence-electron chi connectivity index (χ4n) is 1.74. The molecule has 2 aromatic rings. The van der Waals surface area contributed by atoms with E-state index in [0.717, 1.165) is 6.07 Å². The van der Waals surface area contributed by atoms with Crippen LogP contribution in [-0.4, -0.2) is 10.0 Å². The van der Waals surface area contributed by atoms with Crippen molar-refractivity contribution in [2.24, 2.45) is 0 Å². The maximum Gasteiger partial charge on any atom is 0.311 e. The van der Waals surface area contributed by atoms with E-state index in [4.69, 9.17) is 4.74 Å². The van der Waals surface area contributed by atoms with E-state index < -0.39 is 16.8 Å². The molecule has 0 saturated carbocycles. The molecule has 5 nitrogen and oxygen atoms in total. The number of benzene rings is 2. The average Bonchev–Trinajstić information content (AvgIpc) is 2.37. The molecule has 0 fully saturated rings. The summed E-state index contributed by atoms with van der Waals surface area (Å²) in [6.45, 7) is 1.50. The normalized spacial score (nSPS) is 12.0. The lowest BCUT2D eigenvalue weighted by atomic mass is 10.1. The minimum Gasteiger partial charge on any atom is -0.450 e. The van der Waals surface area contributed by atoms with Crippen molar-refractivity contribution in [1.29, 1.82) is 0 Å². The molecule has 2 aromatic carbocycles. The van der Waals surface area contributed by atoms with E-state index in [1.807, 2.05) is 0 Å². The van der Waals surface area contributed by atoms with Crippen molar-refractivity contribution in [2.75, 3.05) is 0 Å². The lowest BCUT2D eigenvalue weighted by molar-refractivity contribution is -0.385. The van der Waals surface area contributed by atoms with Crippen LogP contribution < -0.4 is 4.74 Å². The summed E-state index contributed by atoms with van der Waals surface area (Å²) < 4.78 is 19.1. The van der Waals surface area contributed by atoms with Gasteiger partial charge in [0, 0.05) is 16.6 Å². The number of rotatable bonds is 4. The van der Waals surface area contributed by atoms with E-state index in [1.54, 1.807) is 0 Å². The van der Waals surface area contributed by atoms with Crippen LogP contribution in [0.2, 0.25) is 0 Å². The van der Waals surface area contributed by atoms with Crippen LogP contribution in [0.3, 0.4) is 0 Å². The lowest BCUT2D eigenvalue weighted by Crippen LogP contribution is -1.97. The van der Waals surface area contributed by atoms with Crippen molar-refractivity contribution in [2.45, 2.75) is 13.0 Å². The molecule has 0 spiro atoms. The molecule has 0 saturated heterocycles. The molecule has 0 aliphatic heterocycles. The van der Waals surface area contributed by atoms with Crippen LogP contribution >= 0.6 is 15.9 Å². The van der Waals surface area contributed by atoms with Crippen LogP contribution in [-0.2, 0) is 0 Å². The second-order valence-electron chi connectivity index (χ2n) is 4.37. The molecule has 21 heavy (non-hydrogen) atoms. The Morgan fingerprint density at radius 3 is 2.62 bits per heavy atom. The Morgan fingerprint density at radius 2 is 2.05 bits per heavy atom. The smallest absolute Gasteiger partial charge is 0.311 e. The topological polar surface area (TPSA) is 72.6 Å². The molecule has 0 radical (unpaired) electrons. The van der Waals surface area contributed by atoms with E-state index in [0.29, 0.717) is 10.0 Å². The molecular weight excluding hydrogens is 345 g/mol. The van der Waals surface area contributed by atoms with Gasteiger partial charge in [-0.25, -0.2) is 4.39 Å². The van der Waals surface area contributed by atoms with Crippen LogP contribution in [0.1, 0.15) is 18.6 Å². The van der Waals surface area contributed by atoms with Gasteiger partial charge in [0.05, 0.1) is 11.0 Å².